The summed E-state index contributed by atoms with van der Waals surface area (Å²) in [6, 6.07) is 0. The van der Waals surface area contributed by atoms with Crippen molar-refractivity contribution < 1.29 is 24.2 Å². The molecule has 0 aromatic heterocycles. The molecule has 84 valence electrons. The smallest absolute Gasteiger partial charge is 0.0132 e. The van der Waals surface area contributed by atoms with E-state index in [0.717, 1.165) is 12.8 Å². The second-order valence-corrected chi connectivity index (χ2v) is 6.72. The summed E-state index contributed by atoms with van der Waals surface area (Å²) in [5.41, 5.74) is 2.95. The fourth-order valence-electron chi connectivity index (χ4n) is 1.59. The van der Waals surface area contributed by atoms with Crippen LogP contribution in [0.3, 0.4) is 0 Å². The van der Waals surface area contributed by atoms with Gasteiger partial charge in [0.25, 0.3) is 0 Å². The third-order valence-corrected chi connectivity index (χ3v) is 2.33. The van der Waals surface area contributed by atoms with Gasteiger partial charge >= 0.3 is 41.3 Å². The van der Waals surface area contributed by atoms with Crippen molar-refractivity contribution in [2.45, 2.75) is 39.5 Å². The zero-order valence-corrected chi connectivity index (χ0v) is 12.7. The molecule has 0 aliphatic heterocycles. The normalized spacial score (nSPS) is 16.6. The molecule has 0 heterocycles. The average molecular weight is 291 g/mol. The molecule has 0 spiro atoms. The third kappa shape index (κ3) is 6.33. The molecule has 0 saturated heterocycles. The Bertz CT molecular complexity index is 350. The van der Waals surface area contributed by atoms with Crippen LogP contribution < -0.4 is 0 Å². The van der Waals surface area contributed by atoms with Gasteiger partial charge in [-0.1, -0.05) is 30.2 Å². The quantitative estimate of drug-likeness (QED) is 0.687. The standard InChI is InChI=1S/C12H13.C3H6.Zr/c1-2-6-11(5-1)9-10-12-7-3-4-8-12;1-3-2;/h1-3,5,7H,4,6,9-10H2;1-2H3;/q-1;;. The van der Waals surface area contributed by atoms with Crippen LogP contribution in [0.4, 0.5) is 0 Å². The largest absolute Gasteiger partial charge is 0.269 e. The van der Waals surface area contributed by atoms with E-state index in [-0.39, 0.29) is 0 Å². The molecule has 0 atom stereocenters. The maximum absolute atomic E-state index is 3.34. The van der Waals surface area contributed by atoms with Gasteiger partial charge in [-0.05, 0) is 12.8 Å². The van der Waals surface area contributed by atoms with Crippen LogP contribution in [0.5, 0.6) is 0 Å². The Morgan fingerprint density at radius 1 is 1.31 bits per heavy atom. The van der Waals surface area contributed by atoms with Crippen LogP contribution in [-0.4, -0.2) is 3.21 Å². The molecule has 0 aromatic carbocycles. The Morgan fingerprint density at radius 3 is 2.56 bits per heavy atom. The summed E-state index contributed by atoms with van der Waals surface area (Å²) in [6.45, 7) is 4.25. The van der Waals surface area contributed by atoms with Gasteiger partial charge in [-0.25, -0.2) is 11.6 Å². The minimum atomic E-state index is 1.02. The minimum absolute atomic E-state index is 1.02. The Kier molecular flexibility index (Phi) is 6.80. The number of allylic oxidation sites excluding steroid dienone is 8. The van der Waals surface area contributed by atoms with Gasteiger partial charge in [0.2, 0.25) is 0 Å². The van der Waals surface area contributed by atoms with Crippen molar-refractivity contribution in [2.24, 2.45) is 0 Å². The first-order valence-electron chi connectivity index (χ1n) is 5.81. The molecule has 0 bridgehead atoms. The van der Waals surface area contributed by atoms with Crippen LogP contribution in [-0.2, 0) is 24.2 Å². The van der Waals surface area contributed by atoms with Crippen molar-refractivity contribution in [3.8, 4) is 0 Å². The van der Waals surface area contributed by atoms with Crippen LogP contribution in [0.2, 0.25) is 0 Å². The minimum Gasteiger partial charge on any atom is -0.269 e. The van der Waals surface area contributed by atoms with Crippen molar-refractivity contribution >= 4 is 3.21 Å². The first-order chi connectivity index (χ1) is 7.68. The van der Waals surface area contributed by atoms with Gasteiger partial charge in [0.05, 0.1) is 0 Å². The van der Waals surface area contributed by atoms with E-state index in [4.69, 9.17) is 0 Å². The monoisotopic (exact) mass is 289 g/mol. The number of hydrogen-bond donors (Lipinski definition) is 0. The molecule has 2 rings (SSSR count). The SMILES string of the molecule is C[C](C)=[Zr].[C-]1=C(CCC2=CC=CC2)C=CC1. The maximum atomic E-state index is 3.34. The predicted octanol–water partition coefficient (Wildman–Crippen LogP) is 4.09. The van der Waals surface area contributed by atoms with Gasteiger partial charge in [0.1, 0.15) is 0 Å². The predicted molar refractivity (Wildman–Crippen MR) is 67.9 cm³/mol. The summed E-state index contributed by atoms with van der Waals surface area (Å²) in [7, 11) is 0. The van der Waals surface area contributed by atoms with Gasteiger partial charge in [-0.3, -0.25) is 6.08 Å². The van der Waals surface area contributed by atoms with Crippen LogP contribution in [0.25, 0.3) is 0 Å². The van der Waals surface area contributed by atoms with Crippen LogP contribution in [0.1, 0.15) is 39.5 Å². The van der Waals surface area contributed by atoms with Crippen LogP contribution in [0, 0.1) is 6.08 Å². The fourth-order valence-corrected chi connectivity index (χ4v) is 1.59. The van der Waals surface area contributed by atoms with E-state index in [0.29, 0.717) is 0 Å². The summed E-state index contributed by atoms with van der Waals surface area (Å²) in [6.07, 6.45) is 18.9. The molecule has 2 aliphatic rings. The second-order valence-electron chi connectivity index (χ2n) is 4.27. The summed E-state index contributed by atoms with van der Waals surface area (Å²) in [4.78, 5) is 0. The Balaban J connectivity index is 0.000000280. The van der Waals surface area contributed by atoms with Crippen molar-refractivity contribution in [3.63, 3.8) is 0 Å². The topological polar surface area (TPSA) is 0 Å². The maximum Gasteiger partial charge on any atom is -0.0132 e. The average Bonchev–Trinajstić information content (AvgIpc) is 2.87. The van der Waals surface area contributed by atoms with E-state index in [1.54, 1.807) is 29.8 Å². The second kappa shape index (κ2) is 7.90. The molecule has 16 heavy (non-hydrogen) atoms. The van der Waals surface area contributed by atoms with Crippen molar-refractivity contribution in [1.29, 1.82) is 0 Å². The summed E-state index contributed by atoms with van der Waals surface area (Å²) in [5.74, 6) is 0. The van der Waals surface area contributed by atoms with E-state index >= 15 is 0 Å². The van der Waals surface area contributed by atoms with E-state index in [1.165, 1.54) is 21.6 Å². The number of hydrogen-bond acceptors (Lipinski definition) is 0. The van der Waals surface area contributed by atoms with Gasteiger partial charge in [0, 0.05) is 0 Å². The van der Waals surface area contributed by atoms with Gasteiger partial charge in [-0.15, -0.1) is 6.42 Å². The van der Waals surface area contributed by atoms with Crippen LogP contribution in [0.15, 0.2) is 41.5 Å². The summed E-state index contributed by atoms with van der Waals surface area (Å²) in [5, 5.41) is 0. The zero-order chi connectivity index (χ0) is 11.8. The van der Waals surface area contributed by atoms with Crippen molar-refractivity contribution in [2.75, 3.05) is 0 Å². The first kappa shape index (κ1) is 13.8. The van der Waals surface area contributed by atoms with Gasteiger partial charge < -0.3 is 0 Å². The fraction of sp³-hybridized carbons (Fsp3) is 0.400. The molecular formula is C15H19Zr-. The summed E-state index contributed by atoms with van der Waals surface area (Å²) < 4.78 is 1.51. The molecular weight excluding hydrogens is 271 g/mol. The molecule has 0 saturated carbocycles. The van der Waals surface area contributed by atoms with E-state index in [9.17, 15) is 0 Å². The van der Waals surface area contributed by atoms with E-state index in [1.807, 2.05) is 0 Å². The molecule has 0 aromatic rings. The Morgan fingerprint density at radius 2 is 2.06 bits per heavy atom. The van der Waals surface area contributed by atoms with Crippen LogP contribution >= 0.6 is 0 Å². The van der Waals surface area contributed by atoms with Crippen molar-refractivity contribution in [3.05, 3.63) is 47.6 Å². The Labute approximate surface area is 114 Å². The van der Waals surface area contributed by atoms with Crippen molar-refractivity contribution in [1.82, 2.24) is 0 Å². The molecule has 0 radical (unpaired) electrons. The molecule has 1 heteroatoms. The van der Waals surface area contributed by atoms with E-state index < -0.39 is 0 Å². The molecule has 0 N–H and O–H groups in total. The molecule has 0 amide bonds. The molecule has 0 fully saturated rings. The van der Waals surface area contributed by atoms with E-state index in [2.05, 4.69) is 50.3 Å². The van der Waals surface area contributed by atoms with Gasteiger partial charge in [0.15, 0.2) is 0 Å². The molecule has 0 nitrogen and oxygen atoms in total. The zero-order valence-electron chi connectivity index (χ0n) is 10.2. The molecule has 2 aliphatic carbocycles. The number of rotatable bonds is 3. The third-order valence-electron chi connectivity index (χ3n) is 2.33. The first-order valence-corrected chi connectivity index (χ1v) is 7.04. The van der Waals surface area contributed by atoms with Gasteiger partial charge in [-0.2, -0.15) is 6.08 Å². The molecule has 0 unspecified atom stereocenters. The Hall–Kier alpha value is -0.287. The summed E-state index contributed by atoms with van der Waals surface area (Å²) >= 11 is 1.55.